The molecule has 40 heavy (non-hydrogen) atoms. The number of hydrogen-bond donors (Lipinski definition) is 0. The summed E-state index contributed by atoms with van der Waals surface area (Å²) in [4.78, 5) is 0. The first-order valence-electron chi connectivity index (χ1n) is 13.7. The summed E-state index contributed by atoms with van der Waals surface area (Å²) in [5, 5.41) is 0. The molecule has 0 unspecified atom stereocenters. The lowest BCUT2D eigenvalue weighted by Gasteiger charge is -2.27. The lowest BCUT2D eigenvalue weighted by atomic mass is 9.78. The van der Waals surface area contributed by atoms with Gasteiger partial charge in [0.2, 0.25) is 0 Å². The van der Waals surface area contributed by atoms with E-state index in [2.05, 4.69) is 100 Å². The standard InChI is InChI=1S/C37H36O3/c1-36(2,28-14-8-5-9-15-28)30-20-24-33(25-21-30)39-35(38-32-18-12-7-13-19-32)40-34-26-22-31(23-27-34)37(3,4)29-16-10-6-11-17-29/h5-27,35H,1-4H3. The van der Waals surface area contributed by atoms with Crippen molar-refractivity contribution in [3.63, 3.8) is 0 Å². The van der Waals surface area contributed by atoms with Crippen molar-refractivity contribution in [2.24, 2.45) is 0 Å². The van der Waals surface area contributed by atoms with E-state index in [-0.39, 0.29) is 10.8 Å². The number of hydrogen-bond acceptors (Lipinski definition) is 3. The highest BCUT2D eigenvalue weighted by Gasteiger charge is 2.25. The first-order valence-corrected chi connectivity index (χ1v) is 13.7. The van der Waals surface area contributed by atoms with Gasteiger partial charge in [0, 0.05) is 10.8 Å². The minimum absolute atomic E-state index is 0.133. The first-order chi connectivity index (χ1) is 19.3. The molecule has 3 heteroatoms. The van der Waals surface area contributed by atoms with E-state index < -0.39 is 6.48 Å². The molecular weight excluding hydrogens is 492 g/mol. The van der Waals surface area contributed by atoms with E-state index in [1.54, 1.807) is 0 Å². The third-order valence-electron chi connectivity index (χ3n) is 7.58. The number of rotatable bonds is 10. The minimum atomic E-state index is -0.969. The molecule has 0 saturated carbocycles. The topological polar surface area (TPSA) is 27.7 Å². The van der Waals surface area contributed by atoms with Gasteiger partial charge < -0.3 is 14.2 Å². The van der Waals surface area contributed by atoms with Crippen molar-refractivity contribution in [1.29, 1.82) is 0 Å². The van der Waals surface area contributed by atoms with Gasteiger partial charge in [0.15, 0.2) is 0 Å². The van der Waals surface area contributed by atoms with Crippen LogP contribution in [0.4, 0.5) is 0 Å². The molecule has 0 radical (unpaired) electrons. The summed E-state index contributed by atoms with van der Waals surface area (Å²) in [5.41, 5.74) is 4.65. The van der Waals surface area contributed by atoms with Gasteiger partial charge in [-0.1, -0.05) is 131 Å². The lowest BCUT2D eigenvalue weighted by Crippen LogP contribution is -2.30. The highest BCUT2D eigenvalue weighted by Crippen LogP contribution is 2.34. The molecule has 0 fully saturated rings. The SMILES string of the molecule is CC(C)(c1ccccc1)c1ccc(OC(Oc2ccccc2)Oc2ccc(C(C)(C)c3ccccc3)cc2)cc1. The summed E-state index contributed by atoms with van der Waals surface area (Å²) < 4.78 is 18.5. The van der Waals surface area contributed by atoms with Gasteiger partial charge in [-0.2, -0.15) is 0 Å². The molecular formula is C37H36O3. The van der Waals surface area contributed by atoms with E-state index in [4.69, 9.17) is 14.2 Å². The number of para-hydroxylation sites is 1. The van der Waals surface area contributed by atoms with Crippen LogP contribution in [0.5, 0.6) is 17.2 Å². The highest BCUT2D eigenvalue weighted by atomic mass is 16.8. The van der Waals surface area contributed by atoms with Crippen molar-refractivity contribution in [3.05, 3.63) is 162 Å². The van der Waals surface area contributed by atoms with Gasteiger partial charge in [0.25, 0.3) is 0 Å². The van der Waals surface area contributed by atoms with Crippen molar-refractivity contribution in [3.8, 4) is 17.2 Å². The number of benzene rings is 5. The van der Waals surface area contributed by atoms with Crippen LogP contribution in [0.15, 0.2) is 140 Å². The van der Waals surface area contributed by atoms with Crippen molar-refractivity contribution in [2.75, 3.05) is 0 Å². The summed E-state index contributed by atoms with van der Waals surface area (Å²) in [6.45, 7) is 7.94. The molecule has 5 aromatic rings. The molecule has 0 atom stereocenters. The lowest BCUT2D eigenvalue weighted by molar-refractivity contribution is -0.140. The fourth-order valence-corrected chi connectivity index (χ4v) is 4.85. The van der Waals surface area contributed by atoms with E-state index in [9.17, 15) is 0 Å². The predicted molar refractivity (Wildman–Crippen MR) is 162 cm³/mol. The van der Waals surface area contributed by atoms with Gasteiger partial charge in [-0.3, -0.25) is 0 Å². The van der Waals surface area contributed by atoms with Crippen molar-refractivity contribution in [1.82, 2.24) is 0 Å². The van der Waals surface area contributed by atoms with Crippen LogP contribution < -0.4 is 14.2 Å². The zero-order valence-corrected chi connectivity index (χ0v) is 23.6. The Hall–Kier alpha value is -4.50. The van der Waals surface area contributed by atoms with Crippen LogP contribution in [0.1, 0.15) is 49.9 Å². The fraction of sp³-hybridized carbons (Fsp3) is 0.189. The maximum absolute atomic E-state index is 6.22. The monoisotopic (exact) mass is 528 g/mol. The van der Waals surface area contributed by atoms with Crippen LogP contribution in [-0.4, -0.2) is 6.48 Å². The normalized spacial score (nSPS) is 11.7. The molecule has 0 aliphatic carbocycles. The summed E-state index contributed by atoms with van der Waals surface area (Å²) in [6, 6.07) is 46.9. The second-order valence-electron chi connectivity index (χ2n) is 11.0. The molecule has 0 saturated heterocycles. The molecule has 0 aromatic heterocycles. The molecule has 0 aliphatic heterocycles. The van der Waals surface area contributed by atoms with E-state index in [0.717, 1.165) is 0 Å². The van der Waals surface area contributed by atoms with Crippen LogP contribution in [0, 0.1) is 0 Å². The molecule has 3 nitrogen and oxygen atoms in total. The Labute approximate surface area is 238 Å². The molecule has 0 amide bonds. The second-order valence-corrected chi connectivity index (χ2v) is 11.0. The molecule has 0 spiro atoms. The molecule has 5 rings (SSSR count). The van der Waals surface area contributed by atoms with Crippen molar-refractivity contribution < 1.29 is 14.2 Å². The minimum Gasteiger partial charge on any atom is -0.423 e. The Morgan fingerprint density at radius 2 is 0.625 bits per heavy atom. The summed E-state index contributed by atoms with van der Waals surface area (Å²) >= 11 is 0. The van der Waals surface area contributed by atoms with E-state index in [1.165, 1.54) is 22.3 Å². The van der Waals surface area contributed by atoms with Gasteiger partial charge in [-0.05, 0) is 58.7 Å². The fourth-order valence-electron chi connectivity index (χ4n) is 4.85. The van der Waals surface area contributed by atoms with Gasteiger partial charge in [-0.15, -0.1) is 0 Å². The van der Waals surface area contributed by atoms with Gasteiger partial charge in [0.05, 0.1) is 0 Å². The average Bonchev–Trinajstić information content (AvgIpc) is 2.99. The first kappa shape index (κ1) is 27.1. The van der Waals surface area contributed by atoms with E-state index in [0.29, 0.717) is 17.2 Å². The maximum atomic E-state index is 6.22. The van der Waals surface area contributed by atoms with Gasteiger partial charge >= 0.3 is 6.48 Å². The Morgan fingerprint density at radius 1 is 0.350 bits per heavy atom. The molecule has 0 aliphatic rings. The predicted octanol–water partition coefficient (Wildman–Crippen LogP) is 9.16. The van der Waals surface area contributed by atoms with Gasteiger partial charge in [-0.25, -0.2) is 0 Å². The molecule has 0 heterocycles. The Morgan fingerprint density at radius 3 is 0.975 bits per heavy atom. The zero-order valence-electron chi connectivity index (χ0n) is 23.6. The van der Waals surface area contributed by atoms with E-state index in [1.807, 2.05) is 66.7 Å². The van der Waals surface area contributed by atoms with Crippen LogP contribution in [0.3, 0.4) is 0 Å². The summed E-state index contributed by atoms with van der Waals surface area (Å²) in [7, 11) is 0. The van der Waals surface area contributed by atoms with Crippen molar-refractivity contribution >= 4 is 0 Å². The van der Waals surface area contributed by atoms with Gasteiger partial charge in [0.1, 0.15) is 17.2 Å². The summed E-state index contributed by atoms with van der Waals surface area (Å²) in [5.74, 6) is 1.99. The van der Waals surface area contributed by atoms with Crippen LogP contribution in [0.2, 0.25) is 0 Å². The van der Waals surface area contributed by atoms with E-state index >= 15 is 0 Å². The Bertz CT molecular complexity index is 1380. The Kier molecular flexibility index (Phi) is 7.93. The van der Waals surface area contributed by atoms with Crippen LogP contribution >= 0.6 is 0 Å². The molecule has 5 aromatic carbocycles. The maximum Gasteiger partial charge on any atom is 0.406 e. The Balaban J connectivity index is 1.34. The third-order valence-corrected chi connectivity index (χ3v) is 7.58. The molecule has 0 bridgehead atoms. The largest absolute Gasteiger partial charge is 0.423 e. The smallest absolute Gasteiger partial charge is 0.406 e. The quantitative estimate of drug-likeness (QED) is 0.169. The summed E-state index contributed by atoms with van der Waals surface area (Å²) in [6.07, 6.45) is 0. The van der Waals surface area contributed by atoms with Crippen LogP contribution in [0.25, 0.3) is 0 Å². The van der Waals surface area contributed by atoms with Crippen LogP contribution in [-0.2, 0) is 10.8 Å². The highest BCUT2D eigenvalue weighted by molar-refractivity contribution is 5.41. The van der Waals surface area contributed by atoms with Crippen molar-refractivity contribution in [2.45, 2.75) is 45.0 Å². The zero-order chi connectivity index (χ0) is 28.0. The second kappa shape index (κ2) is 11.7. The molecule has 202 valence electrons. The third kappa shape index (κ3) is 6.21. The number of ether oxygens (including phenoxy) is 3. The average molecular weight is 529 g/mol. The molecule has 0 N–H and O–H groups in total.